The fourth-order valence-electron chi connectivity index (χ4n) is 1.66. The van der Waals surface area contributed by atoms with Crippen LogP contribution in [-0.2, 0) is 16.6 Å². The molecule has 7 heteroatoms. The molecule has 2 unspecified atom stereocenters. The average molecular weight is 323 g/mol. The summed E-state index contributed by atoms with van der Waals surface area (Å²) in [6, 6.07) is 1.45. The van der Waals surface area contributed by atoms with Crippen molar-refractivity contribution in [1.82, 2.24) is 4.72 Å². The van der Waals surface area contributed by atoms with Crippen molar-refractivity contribution in [3.05, 3.63) is 16.5 Å². The van der Waals surface area contributed by atoms with Crippen LogP contribution in [0.4, 0.5) is 0 Å². The first-order valence-corrected chi connectivity index (χ1v) is 7.69. The van der Waals surface area contributed by atoms with E-state index in [9.17, 15) is 8.42 Å². The minimum Gasteiger partial charge on any atom is -0.452 e. The zero-order chi connectivity index (χ0) is 12.6. The van der Waals surface area contributed by atoms with E-state index < -0.39 is 10.0 Å². The Kier molecular flexibility index (Phi) is 3.63. The van der Waals surface area contributed by atoms with E-state index in [0.29, 0.717) is 24.1 Å². The lowest BCUT2D eigenvalue weighted by atomic mass is 10.3. The van der Waals surface area contributed by atoms with Gasteiger partial charge in [-0.3, -0.25) is 0 Å². The smallest absolute Gasteiger partial charge is 0.244 e. The molecule has 0 saturated heterocycles. The van der Waals surface area contributed by atoms with Gasteiger partial charge in [-0.1, -0.05) is 6.92 Å². The highest BCUT2D eigenvalue weighted by Gasteiger charge is 2.34. The first-order chi connectivity index (χ1) is 7.94. The van der Waals surface area contributed by atoms with Crippen LogP contribution in [0.3, 0.4) is 0 Å². The van der Waals surface area contributed by atoms with Crippen molar-refractivity contribution in [1.29, 1.82) is 0 Å². The summed E-state index contributed by atoms with van der Waals surface area (Å²) in [5, 5.41) is 0. The predicted octanol–water partition coefficient (Wildman–Crippen LogP) is 1.44. The molecule has 0 amide bonds. The van der Waals surface area contributed by atoms with Gasteiger partial charge < -0.3 is 10.2 Å². The molecule has 17 heavy (non-hydrogen) atoms. The van der Waals surface area contributed by atoms with Crippen LogP contribution in [0.1, 0.15) is 19.1 Å². The van der Waals surface area contributed by atoms with Gasteiger partial charge in [0.2, 0.25) is 10.0 Å². The zero-order valence-corrected chi connectivity index (χ0v) is 11.8. The second kappa shape index (κ2) is 4.72. The van der Waals surface area contributed by atoms with Crippen LogP contribution in [0.5, 0.6) is 0 Å². The Hall–Kier alpha value is -0.370. The number of hydrogen-bond donors (Lipinski definition) is 2. The fourth-order valence-corrected chi connectivity index (χ4v) is 3.75. The average Bonchev–Trinajstić information content (AvgIpc) is 2.82. The summed E-state index contributed by atoms with van der Waals surface area (Å²) >= 11 is 3.09. The van der Waals surface area contributed by atoms with Crippen molar-refractivity contribution in [3.8, 4) is 0 Å². The Morgan fingerprint density at radius 3 is 2.76 bits per heavy atom. The zero-order valence-electron chi connectivity index (χ0n) is 9.44. The maximum Gasteiger partial charge on any atom is 0.244 e. The van der Waals surface area contributed by atoms with Crippen LogP contribution in [0, 0.1) is 11.8 Å². The lowest BCUT2D eigenvalue weighted by Gasteiger charge is -2.03. The first-order valence-electron chi connectivity index (χ1n) is 5.42. The Morgan fingerprint density at radius 1 is 1.65 bits per heavy atom. The van der Waals surface area contributed by atoms with Crippen molar-refractivity contribution in [2.24, 2.45) is 17.6 Å². The quantitative estimate of drug-likeness (QED) is 0.858. The van der Waals surface area contributed by atoms with E-state index in [0.717, 1.165) is 6.42 Å². The summed E-state index contributed by atoms with van der Waals surface area (Å²) in [5.41, 5.74) is 5.40. The van der Waals surface area contributed by atoms with E-state index in [1.165, 1.54) is 6.07 Å². The van der Waals surface area contributed by atoms with Crippen LogP contribution >= 0.6 is 15.9 Å². The molecular formula is C10H15BrN2O3S. The molecule has 0 aromatic carbocycles. The first kappa shape index (κ1) is 13.1. The molecule has 3 N–H and O–H groups in total. The van der Waals surface area contributed by atoms with Crippen LogP contribution in [0.2, 0.25) is 0 Å². The number of furan rings is 1. The summed E-state index contributed by atoms with van der Waals surface area (Å²) in [4.78, 5) is 0.117. The van der Waals surface area contributed by atoms with E-state index in [2.05, 4.69) is 27.6 Å². The van der Waals surface area contributed by atoms with Crippen LogP contribution in [-0.4, -0.2) is 15.0 Å². The summed E-state index contributed by atoms with van der Waals surface area (Å²) in [6.45, 7) is 2.77. The molecule has 1 aromatic heterocycles. The Balaban J connectivity index is 2.10. The molecule has 1 fully saturated rings. The van der Waals surface area contributed by atoms with E-state index in [1.54, 1.807) is 0 Å². The Bertz CT molecular complexity index is 512. The van der Waals surface area contributed by atoms with Crippen molar-refractivity contribution in [2.75, 3.05) is 6.54 Å². The molecule has 0 bridgehead atoms. The minimum atomic E-state index is -3.50. The van der Waals surface area contributed by atoms with Gasteiger partial charge in [-0.25, -0.2) is 13.1 Å². The molecule has 1 heterocycles. The molecule has 0 radical (unpaired) electrons. The number of hydrogen-bond acceptors (Lipinski definition) is 4. The summed E-state index contributed by atoms with van der Waals surface area (Å²) in [5.74, 6) is 1.52. The van der Waals surface area contributed by atoms with E-state index in [1.807, 2.05) is 0 Å². The van der Waals surface area contributed by atoms with Gasteiger partial charge in [0.1, 0.15) is 10.7 Å². The lowest BCUT2D eigenvalue weighted by Crippen LogP contribution is -2.26. The van der Waals surface area contributed by atoms with Crippen LogP contribution < -0.4 is 10.5 Å². The second-order valence-electron chi connectivity index (χ2n) is 4.38. The molecule has 96 valence electrons. The third-order valence-corrected chi connectivity index (χ3v) is 5.29. The Labute approximate surface area is 109 Å². The molecule has 2 rings (SSSR count). The van der Waals surface area contributed by atoms with Crippen molar-refractivity contribution in [2.45, 2.75) is 24.8 Å². The topological polar surface area (TPSA) is 85.3 Å². The van der Waals surface area contributed by atoms with Crippen LogP contribution in [0.25, 0.3) is 0 Å². The third-order valence-electron chi connectivity index (χ3n) is 3.01. The molecule has 2 atom stereocenters. The highest BCUT2D eigenvalue weighted by Crippen LogP contribution is 2.37. The van der Waals surface area contributed by atoms with Gasteiger partial charge in [0.15, 0.2) is 4.67 Å². The molecule has 0 spiro atoms. The summed E-state index contributed by atoms with van der Waals surface area (Å²) < 4.78 is 31.9. The summed E-state index contributed by atoms with van der Waals surface area (Å²) in [6.07, 6.45) is 1.09. The van der Waals surface area contributed by atoms with Gasteiger partial charge in [-0.15, -0.1) is 0 Å². The maximum atomic E-state index is 12.0. The highest BCUT2D eigenvalue weighted by molar-refractivity contribution is 9.10. The maximum absolute atomic E-state index is 12.0. The van der Waals surface area contributed by atoms with Gasteiger partial charge in [0, 0.05) is 12.6 Å². The van der Waals surface area contributed by atoms with Gasteiger partial charge >= 0.3 is 0 Å². The number of halogens is 1. The lowest BCUT2D eigenvalue weighted by molar-refractivity contribution is 0.483. The second-order valence-corrected chi connectivity index (χ2v) is 6.84. The number of nitrogens with two attached hydrogens (primary N) is 1. The van der Waals surface area contributed by atoms with Crippen LogP contribution in [0.15, 0.2) is 20.0 Å². The molecule has 5 nitrogen and oxygen atoms in total. The van der Waals surface area contributed by atoms with Gasteiger partial charge in [0.05, 0.1) is 6.54 Å². The van der Waals surface area contributed by atoms with Gasteiger partial charge in [-0.05, 0) is 34.2 Å². The standard InChI is InChI=1S/C10H15BrN2O3S/c1-6-2-7(6)5-13-17(14,15)9-3-8(4-12)16-10(9)11/h3,6-7,13H,2,4-5,12H2,1H3. The molecule has 1 saturated carbocycles. The highest BCUT2D eigenvalue weighted by atomic mass is 79.9. The van der Waals surface area contributed by atoms with Crippen molar-refractivity contribution in [3.63, 3.8) is 0 Å². The van der Waals surface area contributed by atoms with Crippen molar-refractivity contribution < 1.29 is 12.8 Å². The van der Waals surface area contributed by atoms with E-state index in [-0.39, 0.29) is 16.1 Å². The number of sulfonamides is 1. The van der Waals surface area contributed by atoms with Gasteiger partial charge in [-0.2, -0.15) is 0 Å². The molecule has 1 aliphatic rings. The monoisotopic (exact) mass is 322 g/mol. The third kappa shape index (κ3) is 2.90. The molecule has 0 aliphatic heterocycles. The van der Waals surface area contributed by atoms with E-state index >= 15 is 0 Å². The molecule has 1 aliphatic carbocycles. The molecule has 1 aromatic rings. The number of nitrogens with one attached hydrogen (secondary N) is 1. The predicted molar refractivity (Wildman–Crippen MR) is 66.8 cm³/mol. The number of rotatable bonds is 5. The fraction of sp³-hybridized carbons (Fsp3) is 0.600. The van der Waals surface area contributed by atoms with Crippen molar-refractivity contribution >= 4 is 26.0 Å². The van der Waals surface area contributed by atoms with E-state index in [4.69, 9.17) is 10.2 Å². The normalized spacial score (nSPS) is 23.9. The summed E-state index contributed by atoms with van der Waals surface area (Å²) in [7, 11) is -3.50. The largest absolute Gasteiger partial charge is 0.452 e. The SMILES string of the molecule is CC1CC1CNS(=O)(=O)c1cc(CN)oc1Br. The minimum absolute atomic E-state index is 0.117. The Morgan fingerprint density at radius 2 is 2.29 bits per heavy atom. The van der Waals surface area contributed by atoms with Gasteiger partial charge in [0.25, 0.3) is 0 Å². The molecular weight excluding hydrogens is 308 g/mol.